The first-order valence-corrected chi connectivity index (χ1v) is 8.61. The van der Waals surface area contributed by atoms with Gasteiger partial charge in [-0.05, 0) is 43.3 Å². The summed E-state index contributed by atoms with van der Waals surface area (Å²) in [5.41, 5.74) is 1.61. The van der Waals surface area contributed by atoms with Crippen LogP contribution in [0.15, 0.2) is 77.0 Å². The van der Waals surface area contributed by atoms with Gasteiger partial charge in [-0.3, -0.25) is 19.7 Å². The van der Waals surface area contributed by atoms with Crippen LogP contribution >= 0.6 is 0 Å². The highest BCUT2D eigenvalue weighted by atomic mass is 16.6. The minimum absolute atomic E-state index is 0.0381. The van der Waals surface area contributed by atoms with Crippen LogP contribution in [0.2, 0.25) is 0 Å². The molecule has 0 atom stereocenters. The van der Waals surface area contributed by atoms with Gasteiger partial charge in [-0.1, -0.05) is 17.7 Å². The van der Waals surface area contributed by atoms with E-state index in [0.717, 1.165) is 5.56 Å². The van der Waals surface area contributed by atoms with Crippen molar-refractivity contribution in [2.75, 3.05) is 5.32 Å². The molecule has 1 heterocycles. The lowest BCUT2D eigenvalue weighted by Gasteiger charge is -2.11. The molecule has 2 N–H and O–H groups in total. The third kappa shape index (κ3) is 5.16. The van der Waals surface area contributed by atoms with Crippen LogP contribution in [0.3, 0.4) is 0 Å². The number of carbonyl (C=O) groups excluding carboxylic acids is 2. The minimum atomic E-state index is -0.586. The molecule has 3 rings (SSSR count). The molecule has 0 saturated heterocycles. The van der Waals surface area contributed by atoms with E-state index in [4.69, 9.17) is 4.42 Å². The molecule has 0 aliphatic rings. The van der Waals surface area contributed by atoms with Gasteiger partial charge < -0.3 is 15.1 Å². The van der Waals surface area contributed by atoms with Gasteiger partial charge in [0.1, 0.15) is 11.5 Å². The first-order chi connectivity index (χ1) is 13.9. The quantitative estimate of drug-likeness (QED) is 0.376. The van der Waals surface area contributed by atoms with Crippen molar-refractivity contribution in [3.8, 4) is 0 Å². The first-order valence-electron chi connectivity index (χ1n) is 8.61. The predicted octanol–water partition coefficient (Wildman–Crippen LogP) is 3.91. The maximum Gasteiger partial charge on any atom is 0.272 e. The summed E-state index contributed by atoms with van der Waals surface area (Å²) in [7, 11) is 0. The van der Waals surface area contributed by atoms with Gasteiger partial charge in [-0.15, -0.1) is 0 Å². The number of rotatable bonds is 6. The van der Waals surface area contributed by atoms with Crippen molar-refractivity contribution in [1.29, 1.82) is 0 Å². The van der Waals surface area contributed by atoms with E-state index in [1.807, 2.05) is 19.1 Å². The lowest BCUT2D eigenvalue weighted by molar-refractivity contribution is -0.384. The number of hydrogen-bond acceptors (Lipinski definition) is 5. The zero-order chi connectivity index (χ0) is 20.8. The summed E-state index contributed by atoms with van der Waals surface area (Å²) in [4.78, 5) is 35.4. The number of hydrogen-bond donors (Lipinski definition) is 2. The van der Waals surface area contributed by atoms with Crippen molar-refractivity contribution in [1.82, 2.24) is 5.32 Å². The second kappa shape index (κ2) is 8.66. The smallest absolute Gasteiger partial charge is 0.272 e. The number of carbonyl (C=O) groups is 2. The molecule has 8 heteroatoms. The Balaban J connectivity index is 1.81. The Hall–Kier alpha value is -4.20. The lowest BCUT2D eigenvalue weighted by atomic mass is 10.2. The lowest BCUT2D eigenvalue weighted by Crippen LogP contribution is -2.30. The number of aryl methyl sites for hydroxylation is 1. The number of nitro benzene ring substituents is 1. The van der Waals surface area contributed by atoms with Crippen LogP contribution in [0, 0.1) is 17.0 Å². The van der Waals surface area contributed by atoms with Crippen LogP contribution in [0.1, 0.15) is 21.7 Å². The Morgan fingerprint density at radius 1 is 1.03 bits per heavy atom. The van der Waals surface area contributed by atoms with E-state index in [2.05, 4.69) is 10.6 Å². The van der Waals surface area contributed by atoms with Gasteiger partial charge in [0, 0.05) is 29.5 Å². The molecule has 0 bridgehead atoms. The third-order valence-corrected chi connectivity index (χ3v) is 3.97. The van der Waals surface area contributed by atoms with Crippen LogP contribution in [-0.2, 0) is 4.79 Å². The average Bonchev–Trinajstić information content (AvgIpc) is 3.22. The van der Waals surface area contributed by atoms with Crippen LogP contribution in [0.25, 0.3) is 6.08 Å². The molecular weight excluding hydrogens is 374 g/mol. The van der Waals surface area contributed by atoms with Crippen molar-refractivity contribution in [3.05, 3.63) is 99.6 Å². The van der Waals surface area contributed by atoms with Gasteiger partial charge in [0.15, 0.2) is 0 Å². The van der Waals surface area contributed by atoms with Gasteiger partial charge in [-0.25, -0.2) is 0 Å². The molecule has 146 valence electrons. The maximum atomic E-state index is 12.7. The number of furan rings is 1. The largest absolute Gasteiger partial charge is 0.465 e. The Morgan fingerprint density at radius 2 is 1.72 bits per heavy atom. The first kappa shape index (κ1) is 19.6. The number of nitrogens with zero attached hydrogens (tertiary/aromatic N) is 1. The molecule has 0 unspecified atom stereocenters. The fourth-order valence-electron chi connectivity index (χ4n) is 2.44. The third-order valence-electron chi connectivity index (χ3n) is 3.97. The van der Waals surface area contributed by atoms with E-state index >= 15 is 0 Å². The predicted molar refractivity (Wildman–Crippen MR) is 107 cm³/mol. The SMILES string of the molecule is Cc1ccc(NC(=O)C(=Cc2ccco2)NC(=O)c2ccc([N+](=O)[O-])cc2)cc1. The topological polar surface area (TPSA) is 114 Å². The Kier molecular flexibility index (Phi) is 5.84. The zero-order valence-electron chi connectivity index (χ0n) is 15.4. The number of nitro groups is 1. The van der Waals surface area contributed by atoms with Crippen LogP contribution < -0.4 is 10.6 Å². The Labute approximate surface area is 166 Å². The number of nitrogens with one attached hydrogen (secondary N) is 2. The minimum Gasteiger partial charge on any atom is -0.465 e. The highest BCUT2D eigenvalue weighted by Crippen LogP contribution is 2.14. The molecule has 2 amide bonds. The number of non-ortho nitro benzene ring substituents is 1. The Bertz CT molecular complexity index is 1050. The zero-order valence-corrected chi connectivity index (χ0v) is 15.4. The summed E-state index contributed by atoms with van der Waals surface area (Å²) in [6.07, 6.45) is 2.84. The summed E-state index contributed by atoms with van der Waals surface area (Å²) in [6.45, 7) is 1.93. The molecule has 0 saturated carbocycles. The molecule has 0 aliphatic carbocycles. The highest BCUT2D eigenvalue weighted by molar-refractivity contribution is 6.10. The molecule has 29 heavy (non-hydrogen) atoms. The van der Waals surface area contributed by atoms with Crippen molar-refractivity contribution in [2.45, 2.75) is 6.92 Å². The van der Waals surface area contributed by atoms with Crippen LogP contribution in [0.5, 0.6) is 0 Å². The van der Waals surface area contributed by atoms with E-state index in [0.29, 0.717) is 11.4 Å². The van der Waals surface area contributed by atoms with Gasteiger partial charge in [-0.2, -0.15) is 0 Å². The molecule has 0 fully saturated rings. The van der Waals surface area contributed by atoms with E-state index in [9.17, 15) is 19.7 Å². The van der Waals surface area contributed by atoms with Gasteiger partial charge >= 0.3 is 0 Å². The average molecular weight is 391 g/mol. The molecule has 0 aliphatic heterocycles. The highest BCUT2D eigenvalue weighted by Gasteiger charge is 2.16. The maximum absolute atomic E-state index is 12.7. The van der Waals surface area contributed by atoms with E-state index in [1.165, 1.54) is 36.6 Å². The van der Waals surface area contributed by atoms with Crippen LogP contribution in [0.4, 0.5) is 11.4 Å². The molecule has 0 spiro atoms. The van der Waals surface area contributed by atoms with E-state index < -0.39 is 16.7 Å². The van der Waals surface area contributed by atoms with E-state index in [-0.39, 0.29) is 16.9 Å². The summed E-state index contributed by atoms with van der Waals surface area (Å²) < 4.78 is 5.23. The van der Waals surface area contributed by atoms with Gasteiger partial charge in [0.25, 0.3) is 17.5 Å². The molecule has 2 aromatic carbocycles. The fraction of sp³-hybridized carbons (Fsp3) is 0.0476. The van der Waals surface area contributed by atoms with Crippen molar-refractivity contribution in [3.63, 3.8) is 0 Å². The molecule has 1 aromatic heterocycles. The molecule has 0 radical (unpaired) electrons. The second-order valence-electron chi connectivity index (χ2n) is 6.15. The van der Waals surface area contributed by atoms with Crippen molar-refractivity contribution < 1.29 is 18.9 Å². The van der Waals surface area contributed by atoms with Crippen molar-refractivity contribution >= 4 is 29.3 Å². The van der Waals surface area contributed by atoms with Crippen molar-refractivity contribution in [2.24, 2.45) is 0 Å². The molecule has 8 nitrogen and oxygen atoms in total. The number of anilines is 1. The summed E-state index contributed by atoms with van der Waals surface area (Å²) in [5.74, 6) is -0.750. The number of benzene rings is 2. The second-order valence-corrected chi connectivity index (χ2v) is 6.15. The molecule has 3 aromatic rings. The molecular formula is C21H17N3O5. The number of amides is 2. The van der Waals surface area contributed by atoms with Gasteiger partial charge in [0.05, 0.1) is 11.2 Å². The fourth-order valence-corrected chi connectivity index (χ4v) is 2.44. The summed E-state index contributed by atoms with van der Waals surface area (Å²) in [5, 5.41) is 16.0. The monoisotopic (exact) mass is 391 g/mol. The standard InChI is InChI=1S/C21H17N3O5/c1-14-4-8-16(9-5-14)22-21(26)19(13-18-3-2-12-29-18)23-20(25)15-6-10-17(11-7-15)24(27)28/h2-13H,1H3,(H,22,26)(H,23,25). The summed E-state index contributed by atoms with van der Waals surface area (Å²) in [6, 6.07) is 15.5. The van der Waals surface area contributed by atoms with Gasteiger partial charge in [0.2, 0.25) is 0 Å². The Morgan fingerprint density at radius 3 is 2.31 bits per heavy atom. The summed E-state index contributed by atoms with van der Waals surface area (Å²) >= 11 is 0. The van der Waals surface area contributed by atoms with E-state index in [1.54, 1.807) is 24.3 Å². The van der Waals surface area contributed by atoms with Crippen LogP contribution in [-0.4, -0.2) is 16.7 Å². The normalized spacial score (nSPS) is 11.0.